The predicted molar refractivity (Wildman–Crippen MR) is 62.0 cm³/mol. The monoisotopic (exact) mass is 338 g/mol. The summed E-state index contributed by atoms with van der Waals surface area (Å²) < 4.78 is 4.84. The molecule has 0 aromatic carbocycles. The van der Waals surface area contributed by atoms with E-state index in [0.29, 0.717) is 10.7 Å². The smallest absolute Gasteiger partial charge is 0.321 e. The fourth-order valence-corrected chi connectivity index (χ4v) is 4.87. The number of carbonyl (C=O) groups is 2. The van der Waals surface area contributed by atoms with E-state index in [4.69, 9.17) is 4.74 Å². The standard InChI is InChI=1S/C10H12Br2O3/c1-9(4-11)6-2-3-10(9,5-12)8(14)15-7(6)13/h6H,2-5H2,1H3/t6-,9-,10-/m0/s1. The summed E-state index contributed by atoms with van der Waals surface area (Å²) in [5.41, 5.74) is -0.849. The quantitative estimate of drug-likeness (QED) is 0.440. The minimum Gasteiger partial charge on any atom is -0.392 e. The fourth-order valence-electron chi connectivity index (χ4n) is 2.80. The lowest BCUT2D eigenvalue weighted by atomic mass is 9.64. The third-order valence-corrected chi connectivity index (χ3v) is 6.22. The molecule has 2 aliphatic rings. The minimum absolute atomic E-state index is 0.146. The average molecular weight is 340 g/mol. The Bertz CT molecular complexity index is 331. The number of ether oxygens (including phenoxy) is 1. The molecule has 0 unspecified atom stereocenters. The Morgan fingerprint density at radius 1 is 1.40 bits per heavy atom. The largest absolute Gasteiger partial charge is 0.392 e. The average Bonchev–Trinajstić information content (AvgIpc) is 2.44. The van der Waals surface area contributed by atoms with E-state index in [2.05, 4.69) is 31.9 Å². The van der Waals surface area contributed by atoms with E-state index in [0.717, 1.165) is 12.8 Å². The highest BCUT2D eigenvalue weighted by Gasteiger charge is 2.67. The lowest BCUT2D eigenvalue weighted by Crippen LogP contribution is -2.55. The summed E-state index contributed by atoms with van der Waals surface area (Å²) in [6, 6.07) is 0. The Morgan fingerprint density at radius 3 is 2.60 bits per heavy atom. The zero-order valence-corrected chi connectivity index (χ0v) is 11.6. The molecule has 5 heteroatoms. The molecule has 0 aromatic heterocycles. The SMILES string of the molecule is C[C@]1(CBr)[C@H]2CC[C@]1(CBr)C(=O)OC2=O. The minimum atomic E-state index is -0.533. The molecule has 3 nitrogen and oxygen atoms in total. The van der Waals surface area contributed by atoms with Crippen LogP contribution in [0.2, 0.25) is 0 Å². The van der Waals surface area contributed by atoms with Crippen LogP contribution in [0.15, 0.2) is 0 Å². The predicted octanol–water partition coefficient (Wildman–Crippen LogP) is 2.26. The topological polar surface area (TPSA) is 43.4 Å². The first-order valence-corrected chi connectivity index (χ1v) is 7.14. The van der Waals surface area contributed by atoms with Crippen LogP contribution in [-0.4, -0.2) is 22.6 Å². The van der Waals surface area contributed by atoms with Crippen LogP contribution in [0.4, 0.5) is 0 Å². The summed E-state index contributed by atoms with van der Waals surface area (Å²) in [6.07, 6.45) is 1.48. The number of carbonyl (C=O) groups excluding carboxylic acids is 2. The summed E-state index contributed by atoms with van der Waals surface area (Å²) >= 11 is 6.84. The molecule has 1 saturated carbocycles. The summed E-state index contributed by atoms with van der Waals surface area (Å²) in [7, 11) is 0. The van der Waals surface area contributed by atoms with Crippen molar-refractivity contribution in [1.29, 1.82) is 0 Å². The van der Waals surface area contributed by atoms with Crippen LogP contribution in [0.5, 0.6) is 0 Å². The van der Waals surface area contributed by atoms with E-state index in [1.165, 1.54) is 0 Å². The molecule has 0 radical (unpaired) electrons. The van der Waals surface area contributed by atoms with E-state index in [1.54, 1.807) is 0 Å². The van der Waals surface area contributed by atoms with Gasteiger partial charge in [0.25, 0.3) is 0 Å². The Labute approximate surface area is 105 Å². The maximum Gasteiger partial charge on any atom is 0.321 e. The molecular formula is C10H12Br2O3. The summed E-state index contributed by atoms with van der Waals surface area (Å²) in [6.45, 7) is 2.00. The second-order valence-electron chi connectivity index (χ2n) is 4.57. The van der Waals surface area contributed by atoms with Gasteiger partial charge in [-0.3, -0.25) is 9.59 Å². The highest BCUT2D eigenvalue weighted by atomic mass is 79.9. The number of alkyl halides is 2. The maximum absolute atomic E-state index is 11.9. The van der Waals surface area contributed by atoms with Gasteiger partial charge < -0.3 is 4.74 Å². The Balaban J connectivity index is 2.53. The van der Waals surface area contributed by atoms with Crippen molar-refractivity contribution in [3.63, 3.8) is 0 Å². The molecule has 2 fully saturated rings. The Hall–Kier alpha value is 0.1000. The molecule has 1 heterocycles. The van der Waals surface area contributed by atoms with Gasteiger partial charge in [0.05, 0.1) is 11.3 Å². The molecular weight excluding hydrogens is 328 g/mol. The van der Waals surface area contributed by atoms with Crippen LogP contribution in [-0.2, 0) is 14.3 Å². The van der Waals surface area contributed by atoms with Gasteiger partial charge in [-0.15, -0.1) is 0 Å². The first-order valence-electron chi connectivity index (χ1n) is 4.90. The van der Waals surface area contributed by atoms with Crippen molar-refractivity contribution < 1.29 is 14.3 Å². The lowest BCUT2D eigenvalue weighted by molar-refractivity contribution is -0.184. The number of rotatable bonds is 2. The van der Waals surface area contributed by atoms with Gasteiger partial charge in [-0.1, -0.05) is 38.8 Å². The van der Waals surface area contributed by atoms with Crippen molar-refractivity contribution in [2.75, 3.05) is 10.7 Å². The molecule has 1 aliphatic carbocycles. The van der Waals surface area contributed by atoms with Gasteiger partial charge in [0.2, 0.25) is 0 Å². The molecule has 2 rings (SSSR count). The third kappa shape index (κ3) is 1.22. The summed E-state index contributed by atoms with van der Waals surface area (Å²) in [4.78, 5) is 23.5. The number of hydrogen-bond donors (Lipinski definition) is 0. The van der Waals surface area contributed by atoms with Gasteiger partial charge in [-0.05, 0) is 12.8 Å². The zero-order valence-electron chi connectivity index (χ0n) is 8.39. The zero-order chi connectivity index (χ0) is 11.3. The van der Waals surface area contributed by atoms with Crippen molar-refractivity contribution in [2.24, 2.45) is 16.7 Å². The maximum atomic E-state index is 11.9. The number of fused-ring (bicyclic) bond motifs is 2. The first-order chi connectivity index (χ1) is 7.02. The second-order valence-corrected chi connectivity index (χ2v) is 5.69. The highest BCUT2D eigenvalue weighted by Crippen LogP contribution is 2.61. The van der Waals surface area contributed by atoms with Crippen LogP contribution < -0.4 is 0 Å². The third-order valence-electron chi connectivity index (χ3n) is 4.10. The molecule has 1 aliphatic heterocycles. The van der Waals surface area contributed by atoms with E-state index in [-0.39, 0.29) is 23.3 Å². The molecule has 0 N–H and O–H groups in total. The Kier molecular flexibility index (Phi) is 2.74. The van der Waals surface area contributed by atoms with Gasteiger partial charge in [0.1, 0.15) is 0 Å². The molecule has 15 heavy (non-hydrogen) atoms. The Morgan fingerprint density at radius 2 is 2.07 bits per heavy atom. The normalized spacial score (nSPS) is 44.3. The van der Waals surface area contributed by atoms with E-state index < -0.39 is 5.41 Å². The first kappa shape index (κ1) is 11.6. The molecule has 0 aromatic rings. The second kappa shape index (κ2) is 3.55. The number of hydrogen-bond acceptors (Lipinski definition) is 3. The molecule has 0 amide bonds. The van der Waals surface area contributed by atoms with Gasteiger partial charge in [0.15, 0.2) is 0 Å². The molecule has 1 saturated heterocycles. The van der Waals surface area contributed by atoms with E-state index in [9.17, 15) is 9.59 Å². The van der Waals surface area contributed by atoms with Crippen LogP contribution in [0, 0.1) is 16.7 Å². The van der Waals surface area contributed by atoms with E-state index in [1.807, 2.05) is 6.92 Å². The van der Waals surface area contributed by atoms with Crippen LogP contribution in [0.1, 0.15) is 19.8 Å². The fraction of sp³-hybridized carbons (Fsp3) is 0.800. The highest BCUT2D eigenvalue weighted by molar-refractivity contribution is 9.09. The van der Waals surface area contributed by atoms with Crippen molar-refractivity contribution in [2.45, 2.75) is 19.8 Å². The number of halogens is 2. The molecule has 2 bridgehead atoms. The van der Waals surface area contributed by atoms with Gasteiger partial charge in [-0.2, -0.15) is 0 Å². The number of esters is 2. The van der Waals surface area contributed by atoms with Crippen LogP contribution >= 0.6 is 31.9 Å². The van der Waals surface area contributed by atoms with Gasteiger partial charge >= 0.3 is 11.9 Å². The lowest BCUT2D eigenvalue weighted by Gasteiger charge is -2.44. The van der Waals surface area contributed by atoms with Gasteiger partial charge in [0, 0.05) is 16.1 Å². The summed E-state index contributed by atoms with van der Waals surface area (Å²) in [5.74, 6) is -0.858. The van der Waals surface area contributed by atoms with Crippen molar-refractivity contribution >= 4 is 43.8 Å². The van der Waals surface area contributed by atoms with E-state index >= 15 is 0 Å². The van der Waals surface area contributed by atoms with Crippen LogP contribution in [0.25, 0.3) is 0 Å². The summed E-state index contributed by atoms with van der Waals surface area (Å²) in [5, 5.41) is 1.21. The van der Waals surface area contributed by atoms with Gasteiger partial charge in [-0.25, -0.2) is 0 Å². The van der Waals surface area contributed by atoms with Crippen molar-refractivity contribution in [3.8, 4) is 0 Å². The van der Waals surface area contributed by atoms with Crippen molar-refractivity contribution in [3.05, 3.63) is 0 Å². The van der Waals surface area contributed by atoms with Crippen LogP contribution in [0.3, 0.4) is 0 Å². The molecule has 3 atom stereocenters. The number of cyclic esters (lactones) is 2. The molecule has 0 spiro atoms. The molecule has 84 valence electrons. The van der Waals surface area contributed by atoms with Crippen molar-refractivity contribution in [1.82, 2.24) is 0 Å².